The van der Waals surface area contributed by atoms with E-state index in [4.69, 9.17) is 16.9 Å². The first-order valence-electron chi connectivity index (χ1n) is 9.49. The number of amidine groups is 1. The average molecular weight is 456 g/mol. The van der Waals surface area contributed by atoms with Crippen molar-refractivity contribution in [1.29, 1.82) is 0 Å². The zero-order valence-electron chi connectivity index (χ0n) is 17.5. The molecule has 4 N–H and O–H groups in total. The van der Waals surface area contributed by atoms with Crippen LogP contribution in [0.25, 0.3) is 11.0 Å². The van der Waals surface area contributed by atoms with Gasteiger partial charge >= 0.3 is 0 Å². The molecule has 3 aromatic heterocycles. The van der Waals surface area contributed by atoms with Gasteiger partial charge < -0.3 is 20.9 Å². The van der Waals surface area contributed by atoms with Crippen LogP contribution in [0.15, 0.2) is 35.7 Å². The van der Waals surface area contributed by atoms with E-state index in [0.29, 0.717) is 39.1 Å². The molecule has 9 nitrogen and oxygen atoms in total. The topological polar surface area (TPSA) is 131 Å². The summed E-state index contributed by atoms with van der Waals surface area (Å²) in [5.74, 6) is 2.45. The van der Waals surface area contributed by atoms with Gasteiger partial charge in [0.05, 0.1) is 30.2 Å². The monoisotopic (exact) mass is 455 g/mol. The molecule has 32 heavy (non-hydrogen) atoms. The van der Waals surface area contributed by atoms with Crippen LogP contribution in [-0.4, -0.2) is 55.2 Å². The number of terminal acetylenes is 1. The summed E-state index contributed by atoms with van der Waals surface area (Å²) in [6, 6.07) is 3.29. The van der Waals surface area contributed by atoms with E-state index in [1.165, 1.54) is 24.2 Å². The number of hydrogen-bond acceptors (Lipinski definition) is 9. The molecule has 0 saturated carbocycles. The average Bonchev–Trinajstić information content (AvgIpc) is 2.79. The molecule has 3 rings (SSSR count). The number of pyridine rings is 2. The van der Waals surface area contributed by atoms with Crippen LogP contribution in [0.4, 0.5) is 15.9 Å². The van der Waals surface area contributed by atoms with Gasteiger partial charge in [0, 0.05) is 23.6 Å². The minimum Gasteiger partial charge on any atom is -0.463 e. The van der Waals surface area contributed by atoms with Crippen LogP contribution in [0.1, 0.15) is 12.5 Å². The Labute approximate surface area is 188 Å². The molecular weight excluding hydrogens is 433 g/mol. The maximum atomic E-state index is 14.4. The first-order chi connectivity index (χ1) is 15.4. The first-order valence-corrected chi connectivity index (χ1v) is 10.3. The lowest BCUT2D eigenvalue weighted by molar-refractivity contribution is 0.255. The van der Waals surface area contributed by atoms with E-state index < -0.39 is 10.7 Å². The number of fused-ring (bicyclic) bond motifs is 1. The van der Waals surface area contributed by atoms with Gasteiger partial charge in [-0.3, -0.25) is 4.99 Å². The molecule has 3 heterocycles. The molecule has 0 aliphatic rings. The highest BCUT2D eigenvalue weighted by Gasteiger charge is 2.28. The third kappa shape index (κ3) is 5.60. The van der Waals surface area contributed by atoms with Crippen LogP contribution in [0.3, 0.4) is 0 Å². The van der Waals surface area contributed by atoms with Crippen molar-refractivity contribution in [3.8, 4) is 18.2 Å². The Balaban J connectivity index is 1.87. The Hall–Kier alpha value is -3.49. The summed E-state index contributed by atoms with van der Waals surface area (Å²) in [5.41, 5.74) is 7.63. The van der Waals surface area contributed by atoms with Gasteiger partial charge in [-0.15, -0.1) is 6.42 Å². The molecule has 0 fully saturated rings. The molecule has 166 valence electrons. The number of aliphatic imine (C=N–C) groups is 1. The van der Waals surface area contributed by atoms with Crippen LogP contribution >= 0.6 is 11.8 Å². The molecular formula is C21H22FN7O2S. The lowest BCUT2D eigenvalue weighted by Crippen LogP contribution is -2.32. The third-order valence-electron chi connectivity index (χ3n) is 4.39. The Kier molecular flexibility index (Phi) is 7.40. The van der Waals surface area contributed by atoms with Crippen LogP contribution in [0, 0.1) is 18.3 Å². The van der Waals surface area contributed by atoms with Gasteiger partial charge in [-0.2, -0.15) is 4.39 Å². The first kappa shape index (κ1) is 23.2. The molecule has 0 aliphatic heterocycles. The highest BCUT2D eigenvalue weighted by atomic mass is 32.2. The van der Waals surface area contributed by atoms with Gasteiger partial charge in [0.1, 0.15) is 5.52 Å². The Morgan fingerprint density at radius 1 is 1.41 bits per heavy atom. The zero-order valence-corrected chi connectivity index (χ0v) is 18.4. The smallest absolute Gasteiger partial charge is 0.233 e. The van der Waals surface area contributed by atoms with E-state index in [2.05, 4.69) is 36.2 Å². The molecule has 0 aliphatic carbocycles. The SMILES string of the molecule is C#CCOc1cnc2c(Nc3cnc(F)c(C[C@](C)(CO)SC(N)=NC)c3)nccc2n1. The van der Waals surface area contributed by atoms with Crippen LogP contribution in [0.2, 0.25) is 0 Å². The normalized spacial score (nSPS) is 13.4. The van der Waals surface area contributed by atoms with E-state index in [0.717, 1.165) is 0 Å². The van der Waals surface area contributed by atoms with Crippen LogP contribution in [0.5, 0.6) is 5.88 Å². The lowest BCUT2D eigenvalue weighted by atomic mass is 10.0. The number of aromatic nitrogens is 4. The summed E-state index contributed by atoms with van der Waals surface area (Å²) < 4.78 is 19.0. The Morgan fingerprint density at radius 2 is 2.22 bits per heavy atom. The number of anilines is 2. The van der Waals surface area contributed by atoms with Crippen molar-refractivity contribution in [3.05, 3.63) is 42.2 Å². The molecule has 0 bridgehead atoms. The number of nitrogens with two attached hydrogens (primary N) is 1. The molecule has 0 aromatic carbocycles. The fourth-order valence-corrected chi connectivity index (χ4v) is 3.74. The Morgan fingerprint density at radius 3 is 2.94 bits per heavy atom. The number of rotatable bonds is 8. The number of nitrogens with one attached hydrogen (secondary N) is 1. The summed E-state index contributed by atoms with van der Waals surface area (Å²) in [4.78, 5) is 20.7. The number of nitrogens with zero attached hydrogens (tertiary/aromatic N) is 5. The van der Waals surface area contributed by atoms with Crippen molar-refractivity contribution < 1.29 is 14.2 Å². The minimum atomic E-state index is -0.775. The van der Waals surface area contributed by atoms with Gasteiger partial charge in [-0.05, 0) is 25.5 Å². The maximum absolute atomic E-state index is 14.4. The highest BCUT2D eigenvalue weighted by molar-refractivity contribution is 8.15. The van der Waals surface area contributed by atoms with Crippen LogP contribution < -0.4 is 15.8 Å². The summed E-state index contributed by atoms with van der Waals surface area (Å²) in [6.07, 6.45) is 9.74. The molecule has 11 heteroatoms. The predicted octanol–water partition coefficient (Wildman–Crippen LogP) is 2.29. The van der Waals surface area contributed by atoms with E-state index in [1.54, 1.807) is 32.3 Å². The molecule has 0 unspecified atom stereocenters. The van der Waals surface area contributed by atoms with E-state index in [1.807, 2.05) is 0 Å². The highest BCUT2D eigenvalue weighted by Crippen LogP contribution is 2.31. The van der Waals surface area contributed by atoms with E-state index in [9.17, 15) is 9.50 Å². The summed E-state index contributed by atoms with van der Waals surface area (Å²) in [6.45, 7) is 1.63. The van der Waals surface area contributed by atoms with Crippen molar-refractivity contribution >= 4 is 39.5 Å². The summed E-state index contributed by atoms with van der Waals surface area (Å²) in [7, 11) is 1.55. The molecule has 1 atom stereocenters. The molecule has 3 aromatic rings. The molecule has 0 spiro atoms. The third-order valence-corrected chi connectivity index (χ3v) is 5.54. The fourth-order valence-electron chi connectivity index (χ4n) is 2.85. The van der Waals surface area contributed by atoms with Gasteiger partial charge in [-0.25, -0.2) is 19.9 Å². The second-order valence-electron chi connectivity index (χ2n) is 6.98. The standard InChI is InChI=1S/C21H22FN7O2S/c1-4-7-31-16-11-26-17-15(29-16)5-6-25-19(17)28-14-8-13(18(22)27-10-14)9-21(2,12-30)32-20(23)24-3/h1,5-6,8,10-11,30H,7,9,12H2,2-3H3,(H2,23,24)(H,25,28)/t21-/m1/s1. The van der Waals surface area contributed by atoms with Crippen molar-refractivity contribution in [2.75, 3.05) is 25.6 Å². The summed E-state index contributed by atoms with van der Waals surface area (Å²) >= 11 is 1.18. The van der Waals surface area contributed by atoms with Gasteiger partial charge in [-0.1, -0.05) is 17.7 Å². The zero-order chi connectivity index (χ0) is 23.1. The van der Waals surface area contributed by atoms with Gasteiger partial charge in [0.2, 0.25) is 11.8 Å². The predicted molar refractivity (Wildman–Crippen MR) is 123 cm³/mol. The second kappa shape index (κ2) is 10.2. The van der Waals surface area contributed by atoms with Gasteiger partial charge in [0.25, 0.3) is 0 Å². The Bertz CT molecular complexity index is 1180. The van der Waals surface area contributed by atoms with E-state index in [-0.39, 0.29) is 19.6 Å². The lowest BCUT2D eigenvalue weighted by Gasteiger charge is -2.26. The maximum Gasteiger partial charge on any atom is 0.233 e. The number of hydrogen-bond donors (Lipinski definition) is 3. The summed E-state index contributed by atoms with van der Waals surface area (Å²) in [5, 5.41) is 13.2. The molecule has 0 saturated heterocycles. The number of ether oxygens (including phenoxy) is 1. The molecule has 0 amide bonds. The van der Waals surface area contributed by atoms with E-state index >= 15 is 0 Å². The quantitative estimate of drug-likeness (QED) is 0.203. The van der Waals surface area contributed by atoms with Crippen molar-refractivity contribution in [2.24, 2.45) is 10.7 Å². The second-order valence-corrected chi connectivity index (χ2v) is 8.58. The molecule has 0 radical (unpaired) electrons. The largest absolute Gasteiger partial charge is 0.463 e. The van der Waals surface area contributed by atoms with Crippen LogP contribution in [-0.2, 0) is 6.42 Å². The number of thioether (sulfide) groups is 1. The van der Waals surface area contributed by atoms with Crippen molar-refractivity contribution in [1.82, 2.24) is 19.9 Å². The van der Waals surface area contributed by atoms with Crippen molar-refractivity contribution in [3.63, 3.8) is 0 Å². The van der Waals surface area contributed by atoms with Crippen molar-refractivity contribution in [2.45, 2.75) is 18.1 Å². The number of aliphatic hydroxyl groups excluding tert-OH is 1. The number of aliphatic hydroxyl groups is 1. The fraction of sp³-hybridized carbons (Fsp3) is 0.286. The number of halogens is 1. The van der Waals surface area contributed by atoms with Gasteiger partial charge in [0.15, 0.2) is 17.6 Å². The minimum absolute atomic E-state index is 0.0845.